The quantitative estimate of drug-likeness (QED) is 0.850. The summed E-state index contributed by atoms with van der Waals surface area (Å²) in [6.07, 6.45) is 4.22. The highest BCUT2D eigenvalue weighted by molar-refractivity contribution is 5.54. The van der Waals surface area contributed by atoms with E-state index < -0.39 is 0 Å². The van der Waals surface area contributed by atoms with E-state index in [1.807, 2.05) is 16.9 Å². The third-order valence-electron chi connectivity index (χ3n) is 4.63. The Morgan fingerprint density at radius 1 is 1.27 bits per heavy atom. The monoisotopic (exact) mass is 298 g/mol. The molecular formula is C18H26N4. The van der Waals surface area contributed by atoms with Crippen molar-refractivity contribution in [3.63, 3.8) is 0 Å². The van der Waals surface area contributed by atoms with Gasteiger partial charge in [-0.1, -0.05) is 6.07 Å². The molecule has 0 bridgehead atoms. The summed E-state index contributed by atoms with van der Waals surface area (Å²) < 4.78 is 2.00. The zero-order valence-electron chi connectivity index (χ0n) is 13.9. The molecule has 4 heteroatoms. The van der Waals surface area contributed by atoms with Gasteiger partial charge in [0.05, 0.1) is 11.4 Å². The minimum absolute atomic E-state index is 0.656. The van der Waals surface area contributed by atoms with E-state index >= 15 is 0 Å². The van der Waals surface area contributed by atoms with Crippen molar-refractivity contribution < 1.29 is 0 Å². The molecule has 2 aromatic heterocycles. The van der Waals surface area contributed by atoms with E-state index in [9.17, 15) is 0 Å². The molecule has 1 fully saturated rings. The Balaban J connectivity index is 1.72. The van der Waals surface area contributed by atoms with Gasteiger partial charge in [0.2, 0.25) is 0 Å². The maximum atomic E-state index is 4.88. The van der Waals surface area contributed by atoms with Crippen molar-refractivity contribution in [3.8, 4) is 11.4 Å². The van der Waals surface area contributed by atoms with Gasteiger partial charge in [-0.05, 0) is 64.3 Å². The van der Waals surface area contributed by atoms with Crippen LogP contribution in [0, 0.1) is 5.92 Å². The molecule has 118 valence electrons. The van der Waals surface area contributed by atoms with E-state index in [2.05, 4.69) is 49.0 Å². The standard InChI is InChI=1S/C18H26N4/c1-4-22-18(8-10-19-22)17-7-5-6-16(20-17)12-15-9-11-21(13-15)14(2)3/h5-8,10,14-15H,4,9,11-13H2,1-3H3. The largest absolute Gasteiger partial charge is 0.301 e. The summed E-state index contributed by atoms with van der Waals surface area (Å²) in [6, 6.07) is 9.07. The van der Waals surface area contributed by atoms with Crippen LogP contribution < -0.4 is 0 Å². The SMILES string of the molecule is CCn1nccc1-c1cccc(CC2CCN(C(C)C)C2)n1. The van der Waals surface area contributed by atoms with E-state index in [-0.39, 0.29) is 0 Å². The predicted octanol–water partition coefficient (Wildman–Crippen LogP) is 3.24. The molecule has 1 saturated heterocycles. The first-order valence-corrected chi connectivity index (χ1v) is 8.39. The number of rotatable bonds is 5. The van der Waals surface area contributed by atoms with Crippen molar-refractivity contribution in [2.45, 2.75) is 46.2 Å². The Hall–Kier alpha value is -1.68. The Bertz CT molecular complexity index is 617. The van der Waals surface area contributed by atoms with Crippen LogP contribution in [-0.4, -0.2) is 38.8 Å². The van der Waals surface area contributed by atoms with Crippen molar-refractivity contribution in [1.29, 1.82) is 0 Å². The normalized spacial score (nSPS) is 19.2. The topological polar surface area (TPSA) is 34.0 Å². The molecule has 0 amide bonds. The predicted molar refractivity (Wildman–Crippen MR) is 89.7 cm³/mol. The van der Waals surface area contributed by atoms with E-state index in [0.717, 1.165) is 30.3 Å². The Kier molecular flexibility index (Phi) is 4.57. The van der Waals surface area contributed by atoms with Crippen LogP contribution >= 0.6 is 0 Å². The summed E-state index contributed by atoms with van der Waals surface area (Å²) in [4.78, 5) is 7.45. The van der Waals surface area contributed by atoms with Crippen LogP contribution in [0.1, 0.15) is 32.9 Å². The first kappa shape index (κ1) is 15.2. The summed E-state index contributed by atoms with van der Waals surface area (Å²) in [5, 5.41) is 4.34. The molecule has 1 aliphatic rings. The van der Waals surface area contributed by atoms with Gasteiger partial charge in [-0.15, -0.1) is 0 Å². The minimum Gasteiger partial charge on any atom is -0.301 e. The highest BCUT2D eigenvalue weighted by Gasteiger charge is 2.24. The molecule has 1 aliphatic heterocycles. The number of likely N-dealkylation sites (tertiary alicyclic amines) is 1. The fraction of sp³-hybridized carbons (Fsp3) is 0.556. The lowest BCUT2D eigenvalue weighted by molar-refractivity contribution is 0.265. The van der Waals surface area contributed by atoms with Crippen LogP contribution in [0.2, 0.25) is 0 Å². The molecule has 0 saturated carbocycles. The van der Waals surface area contributed by atoms with E-state index in [1.165, 1.54) is 25.2 Å². The Labute approximate surface area is 133 Å². The molecule has 0 aliphatic carbocycles. The number of pyridine rings is 1. The molecule has 1 unspecified atom stereocenters. The van der Waals surface area contributed by atoms with Crippen LogP contribution in [-0.2, 0) is 13.0 Å². The molecule has 0 radical (unpaired) electrons. The summed E-state index contributed by atoms with van der Waals surface area (Å²) in [7, 11) is 0. The van der Waals surface area contributed by atoms with Gasteiger partial charge >= 0.3 is 0 Å². The molecule has 1 atom stereocenters. The van der Waals surface area contributed by atoms with Gasteiger partial charge in [0, 0.05) is 31.0 Å². The third kappa shape index (κ3) is 3.22. The lowest BCUT2D eigenvalue weighted by Gasteiger charge is -2.20. The second kappa shape index (κ2) is 6.61. The van der Waals surface area contributed by atoms with E-state index in [4.69, 9.17) is 4.98 Å². The van der Waals surface area contributed by atoms with Crippen LogP contribution in [0.25, 0.3) is 11.4 Å². The first-order chi connectivity index (χ1) is 10.7. The van der Waals surface area contributed by atoms with Crippen LogP contribution in [0.4, 0.5) is 0 Å². The fourth-order valence-electron chi connectivity index (χ4n) is 3.33. The molecule has 3 heterocycles. The summed E-state index contributed by atoms with van der Waals surface area (Å²) >= 11 is 0. The number of aryl methyl sites for hydroxylation is 1. The number of aromatic nitrogens is 3. The second-order valence-corrected chi connectivity index (χ2v) is 6.49. The maximum absolute atomic E-state index is 4.88. The van der Waals surface area contributed by atoms with Crippen molar-refractivity contribution in [3.05, 3.63) is 36.2 Å². The van der Waals surface area contributed by atoms with Crippen molar-refractivity contribution >= 4 is 0 Å². The molecule has 4 nitrogen and oxygen atoms in total. The van der Waals surface area contributed by atoms with E-state index in [1.54, 1.807) is 0 Å². The average Bonchev–Trinajstić information content (AvgIpc) is 3.16. The minimum atomic E-state index is 0.656. The lowest BCUT2D eigenvalue weighted by atomic mass is 10.0. The van der Waals surface area contributed by atoms with E-state index in [0.29, 0.717) is 6.04 Å². The zero-order chi connectivity index (χ0) is 15.5. The third-order valence-corrected chi connectivity index (χ3v) is 4.63. The molecule has 2 aromatic rings. The molecule has 22 heavy (non-hydrogen) atoms. The molecule has 0 aromatic carbocycles. The molecule has 3 rings (SSSR count). The fourth-order valence-corrected chi connectivity index (χ4v) is 3.33. The summed E-state index contributed by atoms with van der Waals surface area (Å²) in [5.41, 5.74) is 3.35. The maximum Gasteiger partial charge on any atom is 0.0886 e. The zero-order valence-corrected chi connectivity index (χ0v) is 13.9. The van der Waals surface area contributed by atoms with Gasteiger partial charge in [-0.2, -0.15) is 5.10 Å². The van der Waals surface area contributed by atoms with Crippen molar-refractivity contribution in [2.24, 2.45) is 5.92 Å². The summed E-state index contributed by atoms with van der Waals surface area (Å²) in [5.74, 6) is 0.737. The first-order valence-electron chi connectivity index (χ1n) is 8.39. The second-order valence-electron chi connectivity index (χ2n) is 6.49. The number of nitrogens with zero attached hydrogens (tertiary/aromatic N) is 4. The van der Waals surface area contributed by atoms with Crippen LogP contribution in [0.5, 0.6) is 0 Å². The smallest absolute Gasteiger partial charge is 0.0886 e. The van der Waals surface area contributed by atoms with Gasteiger partial charge in [0.15, 0.2) is 0 Å². The lowest BCUT2D eigenvalue weighted by Crippen LogP contribution is -2.28. The van der Waals surface area contributed by atoms with Gasteiger partial charge in [-0.3, -0.25) is 9.67 Å². The average molecular weight is 298 g/mol. The molecular weight excluding hydrogens is 272 g/mol. The van der Waals surface area contributed by atoms with Crippen LogP contribution in [0.3, 0.4) is 0 Å². The Morgan fingerprint density at radius 3 is 2.86 bits per heavy atom. The van der Waals surface area contributed by atoms with Crippen LogP contribution in [0.15, 0.2) is 30.5 Å². The number of hydrogen-bond donors (Lipinski definition) is 0. The summed E-state index contributed by atoms with van der Waals surface area (Å²) in [6.45, 7) is 9.99. The molecule has 0 N–H and O–H groups in total. The van der Waals surface area contributed by atoms with Crippen molar-refractivity contribution in [1.82, 2.24) is 19.7 Å². The van der Waals surface area contributed by atoms with Crippen molar-refractivity contribution in [2.75, 3.05) is 13.1 Å². The van der Waals surface area contributed by atoms with Gasteiger partial charge < -0.3 is 4.90 Å². The van der Waals surface area contributed by atoms with Gasteiger partial charge in [-0.25, -0.2) is 0 Å². The molecule has 0 spiro atoms. The number of hydrogen-bond acceptors (Lipinski definition) is 3. The highest BCUT2D eigenvalue weighted by Crippen LogP contribution is 2.23. The van der Waals surface area contributed by atoms with Gasteiger partial charge in [0.25, 0.3) is 0 Å². The Morgan fingerprint density at radius 2 is 2.14 bits per heavy atom. The highest BCUT2D eigenvalue weighted by atomic mass is 15.3. The van der Waals surface area contributed by atoms with Gasteiger partial charge in [0.1, 0.15) is 0 Å².